The topological polar surface area (TPSA) is 71.4 Å². The molecule has 0 saturated heterocycles. The third-order valence-electron chi connectivity index (χ3n) is 4.19. The van der Waals surface area contributed by atoms with Gasteiger partial charge in [-0.25, -0.2) is 0 Å². The summed E-state index contributed by atoms with van der Waals surface area (Å²) in [5.41, 5.74) is 2.48. The molecule has 1 N–H and O–H groups in total. The first kappa shape index (κ1) is 21.1. The SMILES string of the molecule is N#Cc1ccccc1CSCCNC(=O)/C=C/c1cc(Cl)c2c(c1)OCCCO2. The van der Waals surface area contributed by atoms with Gasteiger partial charge in [-0.1, -0.05) is 29.8 Å². The summed E-state index contributed by atoms with van der Waals surface area (Å²) in [5, 5.41) is 12.4. The van der Waals surface area contributed by atoms with Crippen LogP contribution in [0.25, 0.3) is 6.08 Å². The molecule has 0 saturated carbocycles. The lowest BCUT2D eigenvalue weighted by molar-refractivity contribution is -0.116. The van der Waals surface area contributed by atoms with Crippen LogP contribution in [0, 0.1) is 11.3 Å². The number of amides is 1. The molecule has 0 bridgehead atoms. The Balaban J connectivity index is 1.45. The van der Waals surface area contributed by atoms with E-state index in [4.69, 9.17) is 26.3 Å². The van der Waals surface area contributed by atoms with E-state index in [1.165, 1.54) is 6.08 Å². The van der Waals surface area contributed by atoms with Crippen LogP contribution in [-0.2, 0) is 10.5 Å². The van der Waals surface area contributed by atoms with Gasteiger partial charge in [-0.05, 0) is 35.4 Å². The van der Waals surface area contributed by atoms with Crippen molar-refractivity contribution in [2.45, 2.75) is 12.2 Å². The number of hydrogen-bond donors (Lipinski definition) is 1. The Morgan fingerprint density at radius 1 is 1.28 bits per heavy atom. The number of carbonyl (C=O) groups excluding carboxylic acids is 1. The van der Waals surface area contributed by atoms with Gasteiger partial charge in [-0.3, -0.25) is 4.79 Å². The molecule has 0 atom stereocenters. The molecule has 1 aliphatic heterocycles. The van der Waals surface area contributed by atoms with Crippen LogP contribution in [0.2, 0.25) is 5.02 Å². The van der Waals surface area contributed by atoms with Crippen LogP contribution in [0.15, 0.2) is 42.5 Å². The fourth-order valence-corrected chi connectivity index (χ4v) is 3.90. The highest BCUT2D eigenvalue weighted by Gasteiger charge is 2.14. The van der Waals surface area contributed by atoms with Crippen molar-refractivity contribution in [3.8, 4) is 17.6 Å². The van der Waals surface area contributed by atoms with Gasteiger partial charge in [0, 0.05) is 30.5 Å². The zero-order chi connectivity index (χ0) is 20.5. The van der Waals surface area contributed by atoms with Crippen molar-refractivity contribution in [3.05, 3.63) is 64.2 Å². The molecule has 29 heavy (non-hydrogen) atoms. The quantitative estimate of drug-likeness (QED) is 0.521. The zero-order valence-corrected chi connectivity index (χ0v) is 17.4. The first-order valence-electron chi connectivity index (χ1n) is 9.28. The molecule has 1 heterocycles. The van der Waals surface area contributed by atoms with Gasteiger partial charge in [0.15, 0.2) is 11.5 Å². The number of rotatable bonds is 7. The van der Waals surface area contributed by atoms with Crippen molar-refractivity contribution in [2.75, 3.05) is 25.5 Å². The molecule has 0 radical (unpaired) electrons. The largest absolute Gasteiger partial charge is 0.489 e. The summed E-state index contributed by atoms with van der Waals surface area (Å²) >= 11 is 7.94. The van der Waals surface area contributed by atoms with Gasteiger partial charge in [0.25, 0.3) is 0 Å². The number of benzene rings is 2. The van der Waals surface area contributed by atoms with E-state index >= 15 is 0 Å². The fourth-order valence-electron chi connectivity index (χ4n) is 2.76. The molecule has 0 fully saturated rings. The molecule has 150 valence electrons. The number of nitrogens with one attached hydrogen (secondary N) is 1. The smallest absolute Gasteiger partial charge is 0.244 e. The van der Waals surface area contributed by atoms with E-state index < -0.39 is 0 Å². The number of fused-ring (bicyclic) bond motifs is 1. The molecule has 7 heteroatoms. The van der Waals surface area contributed by atoms with Crippen molar-refractivity contribution in [2.24, 2.45) is 0 Å². The Labute approximate surface area is 179 Å². The predicted molar refractivity (Wildman–Crippen MR) is 116 cm³/mol. The summed E-state index contributed by atoms with van der Waals surface area (Å²) in [6.45, 7) is 1.70. The lowest BCUT2D eigenvalue weighted by Crippen LogP contribution is -2.23. The first-order chi connectivity index (χ1) is 14.2. The van der Waals surface area contributed by atoms with Gasteiger partial charge in [-0.15, -0.1) is 0 Å². The number of carbonyl (C=O) groups is 1. The van der Waals surface area contributed by atoms with Crippen LogP contribution in [0.3, 0.4) is 0 Å². The van der Waals surface area contributed by atoms with Crippen LogP contribution in [-0.4, -0.2) is 31.4 Å². The molecule has 2 aromatic rings. The van der Waals surface area contributed by atoms with Gasteiger partial charge in [0.05, 0.1) is 29.9 Å². The number of halogens is 1. The van der Waals surface area contributed by atoms with E-state index in [0.717, 1.165) is 29.1 Å². The molecular weight excluding hydrogens is 408 g/mol. The van der Waals surface area contributed by atoms with Crippen molar-refractivity contribution in [3.63, 3.8) is 0 Å². The summed E-state index contributed by atoms with van der Waals surface area (Å²) in [5.74, 6) is 2.48. The Morgan fingerprint density at radius 3 is 2.97 bits per heavy atom. The maximum absolute atomic E-state index is 12.0. The van der Waals surface area contributed by atoms with Gasteiger partial charge in [0.2, 0.25) is 5.91 Å². The maximum Gasteiger partial charge on any atom is 0.244 e. The summed E-state index contributed by atoms with van der Waals surface area (Å²) in [4.78, 5) is 12.0. The predicted octanol–water partition coefficient (Wildman–Crippen LogP) is 4.44. The zero-order valence-electron chi connectivity index (χ0n) is 15.8. The second-order valence-electron chi connectivity index (χ2n) is 6.33. The third-order valence-corrected chi connectivity index (χ3v) is 5.48. The number of ether oxygens (including phenoxy) is 2. The first-order valence-corrected chi connectivity index (χ1v) is 10.8. The van der Waals surface area contributed by atoms with Gasteiger partial charge >= 0.3 is 0 Å². The average Bonchev–Trinajstić information content (AvgIpc) is 2.98. The molecule has 0 unspecified atom stereocenters. The average molecular weight is 429 g/mol. The second-order valence-corrected chi connectivity index (χ2v) is 7.84. The molecule has 0 aromatic heterocycles. The van der Waals surface area contributed by atoms with Crippen molar-refractivity contribution < 1.29 is 14.3 Å². The lowest BCUT2D eigenvalue weighted by Gasteiger charge is -2.10. The summed E-state index contributed by atoms with van der Waals surface area (Å²) in [7, 11) is 0. The van der Waals surface area contributed by atoms with E-state index in [2.05, 4.69) is 11.4 Å². The van der Waals surface area contributed by atoms with Crippen LogP contribution in [0.1, 0.15) is 23.1 Å². The van der Waals surface area contributed by atoms with Gasteiger partial charge in [-0.2, -0.15) is 17.0 Å². The normalized spacial score (nSPS) is 13.0. The van der Waals surface area contributed by atoms with Crippen LogP contribution in [0.5, 0.6) is 11.5 Å². The van der Waals surface area contributed by atoms with Gasteiger partial charge < -0.3 is 14.8 Å². The van der Waals surface area contributed by atoms with Crippen molar-refractivity contribution in [1.29, 1.82) is 5.26 Å². The Hall–Kier alpha value is -2.62. The second kappa shape index (κ2) is 10.8. The van der Waals surface area contributed by atoms with Crippen molar-refractivity contribution in [1.82, 2.24) is 5.32 Å². The van der Waals surface area contributed by atoms with E-state index in [-0.39, 0.29) is 5.91 Å². The van der Waals surface area contributed by atoms with E-state index in [1.54, 1.807) is 23.9 Å². The Bertz CT molecular complexity index is 940. The van der Waals surface area contributed by atoms with Crippen LogP contribution in [0.4, 0.5) is 0 Å². The summed E-state index contributed by atoms with van der Waals surface area (Å²) in [6.07, 6.45) is 3.98. The van der Waals surface area contributed by atoms with E-state index in [0.29, 0.717) is 41.8 Å². The number of nitriles is 1. The highest BCUT2D eigenvalue weighted by molar-refractivity contribution is 7.98. The number of nitrogens with zero attached hydrogens (tertiary/aromatic N) is 1. The van der Waals surface area contributed by atoms with E-state index in [1.807, 2.05) is 30.3 Å². The third kappa shape index (κ3) is 6.18. The standard InChI is InChI=1S/C22H21ClN2O3S/c23-19-12-16(13-20-22(19)28-10-3-9-27-20)6-7-21(26)25-8-11-29-15-18-5-2-1-4-17(18)14-24/h1-2,4-7,12-13H,3,8-11,15H2,(H,25,26)/b7-6+. The highest BCUT2D eigenvalue weighted by atomic mass is 35.5. The summed E-state index contributed by atoms with van der Waals surface area (Å²) < 4.78 is 11.3. The van der Waals surface area contributed by atoms with Crippen molar-refractivity contribution >= 4 is 35.3 Å². The molecule has 1 amide bonds. The molecule has 1 aliphatic rings. The monoisotopic (exact) mass is 428 g/mol. The van der Waals surface area contributed by atoms with Crippen LogP contribution >= 0.6 is 23.4 Å². The molecule has 0 aliphatic carbocycles. The maximum atomic E-state index is 12.0. The summed E-state index contributed by atoms with van der Waals surface area (Å²) in [6, 6.07) is 13.3. The minimum Gasteiger partial charge on any atom is -0.489 e. The lowest BCUT2D eigenvalue weighted by atomic mass is 10.1. The molecule has 2 aromatic carbocycles. The molecular formula is C22H21ClN2O3S. The number of hydrogen-bond acceptors (Lipinski definition) is 5. The Kier molecular flexibility index (Phi) is 7.85. The molecule has 3 rings (SSSR count). The van der Waals surface area contributed by atoms with E-state index in [9.17, 15) is 4.79 Å². The molecule has 5 nitrogen and oxygen atoms in total. The molecule has 0 spiro atoms. The van der Waals surface area contributed by atoms with Crippen LogP contribution < -0.4 is 14.8 Å². The highest BCUT2D eigenvalue weighted by Crippen LogP contribution is 2.38. The fraction of sp³-hybridized carbons (Fsp3) is 0.273. The van der Waals surface area contributed by atoms with Gasteiger partial charge in [0.1, 0.15) is 0 Å². The Morgan fingerprint density at radius 2 is 2.10 bits per heavy atom. The minimum absolute atomic E-state index is 0.175. The minimum atomic E-state index is -0.175. The number of thioether (sulfide) groups is 1.